The molecule has 0 spiro atoms. The highest BCUT2D eigenvalue weighted by Gasteiger charge is 2.23. The molecule has 9 heteroatoms. The van der Waals surface area contributed by atoms with E-state index in [0.717, 1.165) is 28.7 Å². The van der Waals surface area contributed by atoms with Crippen molar-refractivity contribution in [1.29, 1.82) is 0 Å². The van der Waals surface area contributed by atoms with Gasteiger partial charge in [0.25, 0.3) is 12.0 Å². The molecule has 8 nitrogen and oxygen atoms in total. The summed E-state index contributed by atoms with van der Waals surface area (Å²) in [5.41, 5.74) is 6.95. The number of hydrogen-bond acceptors (Lipinski definition) is 7. The topological polar surface area (TPSA) is 98.0 Å². The van der Waals surface area contributed by atoms with Crippen molar-refractivity contribution < 1.29 is 19.1 Å². The van der Waals surface area contributed by atoms with E-state index < -0.39 is 12.6 Å². The van der Waals surface area contributed by atoms with Gasteiger partial charge in [0.15, 0.2) is 5.84 Å². The number of hydroxylamine groups is 1. The molecule has 1 aliphatic heterocycles. The molecule has 4 aromatic rings. The fraction of sp³-hybridized carbons (Fsp3) is 0.303. The van der Waals surface area contributed by atoms with Crippen LogP contribution in [-0.4, -0.2) is 33.0 Å². The average Bonchev–Trinajstić information content (AvgIpc) is 3.41. The molecule has 1 aromatic heterocycles. The first-order chi connectivity index (χ1) is 20.2. The third-order valence-electron chi connectivity index (χ3n) is 6.93. The zero-order valence-corrected chi connectivity index (χ0v) is 24.2. The van der Waals surface area contributed by atoms with Gasteiger partial charge in [0.05, 0.1) is 23.9 Å². The lowest BCUT2D eigenvalue weighted by Gasteiger charge is -2.18. The fourth-order valence-corrected chi connectivity index (χ4v) is 5.04. The molecular formula is C33H35FN4O4. The molecule has 0 bridgehead atoms. The smallest absolute Gasteiger partial charge is 0.280 e. The van der Waals surface area contributed by atoms with E-state index in [1.807, 2.05) is 69.3 Å². The quantitative estimate of drug-likeness (QED) is 0.244. The van der Waals surface area contributed by atoms with Gasteiger partial charge in [-0.05, 0) is 61.6 Å². The van der Waals surface area contributed by atoms with Crippen LogP contribution in [-0.2, 0) is 17.8 Å². The molecule has 0 amide bonds. The number of nitrogens with zero attached hydrogens (tertiary/aromatic N) is 3. The first-order valence-electron chi connectivity index (χ1n) is 14.2. The van der Waals surface area contributed by atoms with Gasteiger partial charge in [-0.25, -0.2) is 24.7 Å². The van der Waals surface area contributed by atoms with Crippen LogP contribution in [0.5, 0.6) is 5.75 Å². The first-order valence-corrected chi connectivity index (χ1v) is 14.2. The van der Waals surface area contributed by atoms with Crippen LogP contribution in [0.2, 0.25) is 0 Å². The second kappa shape index (κ2) is 12.7. The molecule has 42 heavy (non-hydrogen) atoms. The van der Waals surface area contributed by atoms with Gasteiger partial charge in [0.2, 0.25) is 0 Å². The number of halogens is 1. The van der Waals surface area contributed by atoms with Crippen LogP contribution in [0.1, 0.15) is 62.9 Å². The first kappa shape index (κ1) is 29.2. The number of aromatic nitrogens is 2. The number of ether oxygens (including phenoxy) is 1. The summed E-state index contributed by atoms with van der Waals surface area (Å²) in [7, 11) is 0. The van der Waals surface area contributed by atoms with Gasteiger partial charge in [0, 0.05) is 12.0 Å². The maximum absolute atomic E-state index is 14.9. The lowest BCUT2D eigenvalue weighted by atomic mass is 9.98. The Morgan fingerprint density at radius 3 is 2.26 bits per heavy atom. The number of aryl methyl sites for hydroxylation is 1. The van der Waals surface area contributed by atoms with Gasteiger partial charge in [-0.2, -0.15) is 0 Å². The van der Waals surface area contributed by atoms with Crippen molar-refractivity contribution in [2.24, 2.45) is 4.99 Å². The van der Waals surface area contributed by atoms with Crippen molar-refractivity contribution in [2.75, 3.05) is 0 Å². The maximum atomic E-state index is 14.9. The third kappa shape index (κ3) is 6.27. The van der Waals surface area contributed by atoms with E-state index in [4.69, 9.17) is 14.6 Å². The van der Waals surface area contributed by atoms with Gasteiger partial charge in [-0.15, -0.1) is 0 Å². The minimum atomic E-state index is -1.41. The largest absolute Gasteiger partial charge is 0.491 e. The molecule has 5 rings (SSSR count). The van der Waals surface area contributed by atoms with Gasteiger partial charge in [-0.3, -0.25) is 9.36 Å². The minimum Gasteiger partial charge on any atom is -0.491 e. The number of aliphatic imine (C=N–C) groups is 1. The summed E-state index contributed by atoms with van der Waals surface area (Å²) in [4.78, 5) is 27.8. The summed E-state index contributed by atoms with van der Waals surface area (Å²) >= 11 is 0. The molecule has 0 fully saturated rings. The summed E-state index contributed by atoms with van der Waals surface area (Å²) < 4.78 is 22.3. The van der Waals surface area contributed by atoms with E-state index in [1.165, 1.54) is 6.92 Å². The van der Waals surface area contributed by atoms with E-state index in [2.05, 4.69) is 10.5 Å². The van der Waals surface area contributed by atoms with Crippen molar-refractivity contribution in [3.05, 3.63) is 106 Å². The van der Waals surface area contributed by atoms with Crippen molar-refractivity contribution in [3.8, 4) is 28.0 Å². The van der Waals surface area contributed by atoms with E-state index in [9.17, 15) is 14.3 Å². The lowest BCUT2D eigenvalue weighted by Crippen LogP contribution is -2.29. The molecule has 0 saturated carbocycles. The Labute approximate surface area is 244 Å². The Hall–Kier alpha value is -4.34. The number of rotatable bonds is 10. The van der Waals surface area contributed by atoms with Crippen molar-refractivity contribution in [2.45, 2.75) is 65.8 Å². The molecule has 1 aliphatic rings. The zero-order valence-electron chi connectivity index (χ0n) is 24.2. The highest BCUT2D eigenvalue weighted by Crippen LogP contribution is 2.29. The maximum Gasteiger partial charge on any atom is 0.280 e. The van der Waals surface area contributed by atoms with Crippen LogP contribution < -0.4 is 15.8 Å². The minimum absolute atomic E-state index is 0.0133. The number of amidine groups is 1. The second-order valence-electron chi connectivity index (χ2n) is 10.5. The number of alkyl halides is 1. The number of hydrogen-bond donors (Lipinski definition) is 2. The molecule has 3 aromatic carbocycles. The highest BCUT2D eigenvalue weighted by atomic mass is 19.1. The molecule has 2 heterocycles. The number of aliphatic hydroxyl groups excluding tert-OH is 1. The van der Waals surface area contributed by atoms with Gasteiger partial charge in [0.1, 0.15) is 17.7 Å². The van der Waals surface area contributed by atoms with Crippen molar-refractivity contribution >= 4 is 5.84 Å². The zero-order chi connectivity index (χ0) is 29.8. The summed E-state index contributed by atoms with van der Waals surface area (Å²) in [6.45, 7) is 7.60. The predicted octanol–water partition coefficient (Wildman–Crippen LogP) is 5.95. The molecule has 2 unspecified atom stereocenters. The van der Waals surface area contributed by atoms with Crippen LogP contribution in [0.3, 0.4) is 0 Å². The van der Waals surface area contributed by atoms with E-state index >= 15 is 0 Å². The fourth-order valence-electron chi connectivity index (χ4n) is 5.04. The molecule has 0 radical (unpaired) electrons. The monoisotopic (exact) mass is 570 g/mol. The molecular weight excluding hydrogens is 535 g/mol. The third-order valence-corrected chi connectivity index (χ3v) is 6.93. The van der Waals surface area contributed by atoms with Crippen LogP contribution in [0.25, 0.3) is 22.3 Å². The summed E-state index contributed by atoms with van der Waals surface area (Å²) in [5, 5.41) is 9.63. The number of aliphatic hydroxyl groups is 1. The van der Waals surface area contributed by atoms with E-state index in [0.29, 0.717) is 35.9 Å². The SMILES string of the molecule is CCCc1nc(C(C)F)c(-c2ccc(OC(C)C)cc2)c(=O)n1Cc1ccc(-c2ccccc2C2=NC(O)ON2)cc1. The Morgan fingerprint density at radius 1 is 1.00 bits per heavy atom. The Morgan fingerprint density at radius 2 is 1.67 bits per heavy atom. The standard InChI is InChI=1S/C33H35FN4O4/c1-5-8-28-35-30(21(4)34)29(24-15-17-25(18-16-24)41-20(2)3)32(39)38(28)19-22-11-13-23(14-12-22)26-9-6-7-10-27(26)31-36-33(40)42-37-31/h6-7,9-18,20-21,33,40H,5,8,19H2,1-4H3,(H,36,37). The molecule has 0 saturated heterocycles. The predicted molar refractivity (Wildman–Crippen MR) is 161 cm³/mol. The van der Waals surface area contributed by atoms with Crippen molar-refractivity contribution in [3.63, 3.8) is 0 Å². The van der Waals surface area contributed by atoms with Gasteiger partial charge in [-0.1, -0.05) is 67.6 Å². The van der Waals surface area contributed by atoms with Crippen LogP contribution in [0.15, 0.2) is 82.6 Å². The van der Waals surface area contributed by atoms with Crippen LogP contribution in [0, 0.1) is 0 Å². The molecule has 2 atom stereocenters. The molecule has 0 aliphatic carbocycles. The summed E-state index contributed by atoms with van der Waals surface area (Å²) in [6.07, 6.45) is -1.33. The van der Waals surface area contributed by atoms with Crippen LogP contribution >= 0.6 is 0 Å². The summed E-state index contributed by atoms with van der Waals surface area (Å²) in [6, 6.07) is 22.7. The van der Waals surface area contributed by atoms with Gasteiger partial charge < -0.3 is 9.84 Å². The molecule has 2 N–H and O–H groups in total. The normalized spacial score (nSPS) is 15.4. The van der Waals surface area contributed by atoms with Gasteiger partial charge >= 0.3 is 0 Å². The number of nitrogens with one attached hydrogen (secondary N) is 1. The second-order valence-corrected chi connectivity index (χ2v) is 10.5. The van der Waals surface area contributed by atoms with Crippen molar-refractivity contribution in [1.82, 2.24) is 15.0 Å². The van der Waals surface area contributed by atoms with E-state index in [-0.39, 0.29) is 22.9 Å². The average molecular weight is 571 g/mol. The Bertz CT molecular complexity index is 1630. The lowest BCUT2D eigenvalue weighted by molar-refractivity contribution is -0.102. The van der Waals surface area contributed by atoms with E-state index in [1.54, 1.807) is 28.8 Å². The molecule has 218 valence electrons. The Kier molecular flexibility index (Phi) is 8.80. The highest BCUT2D eigenvalue weighted by molar-refractivity contribution is 6.04. The van der Waals surface area contributed by atoms with Crippen LogP contribution in [0.4, 0.5) is 4.39 Å². The summed E-state index contributed by atoms with van der Waals surface area (Å²) in [5.74, 6) is 1.69. The Balaban J connectivity index is 1.51. The number of benzene rings is 3.